The molecule has 2 unspecified atom stereocenters. The molecule has 0 spiro atoms. The molecule has 5 nitrogen and oxygen atoms in total. The number of unbranched alkanes of at least 4 members (excludes halogenated alkanes) is 1. The van der Waals surface area contributed by atoms with Gasteiger partial charge in [0.15, 0.2) is 6.10 Å². The second kappa shape index (κ2) is 9.78. The van der Waals surface area contributed by atoms with Crippen LogP contribution < -0.4 is 0 Å². The minimum absolute atomic E-state index is 0.231. The number of carboxylic acid groups (broad SMARTS) is 1. The SMILES string of the molecule is CCCCC(OC(=O)C(O)CC(=O)O)C(CC)CC. The molecule has 2 atom stereocenters. The van der Waals surface area contributed by atoms with Crippen LogP contribution in [-0.4, -0.2) is 34.4 Å². The fraction of sp³-hybridized carbons (Fsp3) is 0.857. The first-order valence-corrected chi connectivity index (χ1v) is 7.06. The first kappa shape index (κ1) is 17.9. The summed E-state index contributed by atoms with van der Waals surface area (Å²) in [6, 6.07) is 0. The van der Waals surface area contributed by atoms with Gasteiger partial charge >= 0.3 is 11.9 Å². The third-order valence-electron chi connectivity index (χ3n) is 3.32. The van der Waals surface area contributed by atoms with Crippen molar-refractivity contribution >= 4 is 11.9 Å². The predicted octanol–water partition coefficient (Wildman–Crippen LogP) is 2.36. The van der Waals surface area contributed by atoms with Crippen LogP contribution in [0.15, 0.2) is 0 Å². The number of aliphatic hydroxyl groups is 1. The van der Waals surface area contributed by atoms with Gasteiger partial charge in [-0.05, 0) is 25.2 Å². The van der Waals surface area contributed by atoms with Crippen molar-refractivity contribution in [1.29, 1.82) is 0 Å². The number of aliphatic carboxylic acids is 1. The van der Waals surface area contributed by atoms with E-state index in [1.54, 1.807) is 0 Å². The third-order valence-corrected chi connectivity index (χ3v) is 3.32. The summed E-state index contributed by atoms with van der Waals surface area (Å²) >= 11 is 0. The molecule has 0 heterocycles. The maximum atomic E-state index is 11.7. The summed E-state index contributed by atoms with van der Waals surface area (Å²) in [7, 11) is 0. The average Bonchev–Trinajstić information content (AvgIpc) is 2.35. The highest BCUT2D eigenvalue weighted by atomic mass is 16.6. The molecule has 112 valence electrons. The molecule has 5 heteroatoms. The minimum atomic E-state index is -1.57. The number of carboxylic acids is 1. The molecular weight excluding hydrogens is 248 g/mol. The van der Waals surface area contributed by atoms with E-state index in [4.69, 9.17) is 9.84 Å². The fourth-order valence-corrected chi connectivity index (χ4v) is 2.09. The summed E-state index contributed by atoms with van der Waals surface area (Å²) in [5.41, 5.74) is 0. The molecule has 0 rings (SSSR count). The van der Waals surface area contributed by atoms with Crippen LogP contribution in [0.3, 0.4) is 0 Å². The highest BCUT2D eigenvalue weighted by Gasteiger charge is 2.27. The van der Waals surface area contributed by atoms with Crippen LogP contribution in [0.4, 0.5) is 0 Å². The lowest BCUT2D eigenvalue weighted by molar-refractivity contribution is -0.166. The van der Waals surface area contributed by atoms with E-state index in [2.05, 4.69) is 6.92 Å². The second-order valence-electron chi connectivity index (χ2n) is 4.81. The van der Waals surface area contributed by atoms with Crippen molar-refractivity contribution in [3.05, 3.63) is 0 Å². The summed E-state index contributed by atoms with van der Waals surface area (Å²) in [6.07, 6.45) is 2.09. The molecule has 0 amide bonds. The topological polar surface area (TPSA) is 83.8 Å². The van der Waals surface area contributed by atoms with E-state index in [0.29, 0.717) is 0 Å². The van der Waals surface area contributed by atoms with Crippen molar-refractivity contribution in [1.82, 2.24) is 0 Å². The Morgan fingerprint density at radius 2 is 1.74 bits per heavy atom. The quantitative estimate of drug-likeness (QED) is 0.597. The van der Waals surface area contributed by atoms with Crippen LogP contribution in [0.2, 0.25) is 0 Å². The van der Waals surface area contributed by atoms with Crippen molar-refractivity contribution in [2.45, 2.75) is 71.5 Å². The highest BCUT2D eigenvalue weighted by Crippen LogP contribution is 2.22. The Morgan fingerprint density at radius 1 is 1.16 bits per heavy atom. The van der Waals surface area contributed by atoms with Gasteiger partial charge in [-0.15, -0.1) is 0 Å². The van der Waals surface area contributed by atoms with Crippen LogP contribution in [-0.2, 0) is 14.3 Å². The second-order valence-corrected chi connectivity index (χ2v) is 4.81. The van der Waals surface area contributed by atoms with Gasteiger partial charge in [0.05, 0.1) is 6.42 Å². The number of aliphatic hydroxyl groups excluding tert-OH is 1. The Morgan fingerprint density at radius 3 is 2.16 bits per heavy atom. The maximum absolute atomic E-state index is 11.7. The normalized spacial score (nSPS) is 14.2. The summed E-state index contributed by atoms with van der Waals surface area (Å²) < 4.78 is 5.31. The fourth-order valence-electron chi connectivity index (χ4n) is 2.09. The Bertz CT molecular complexity index is 273. The van der Waals surface area contributed by atoms with Gasteiger partial charge in [-0.1, -0.05) is 33.6 Å². The molecule has 0 radical (unpaired) electrons. The molecule has 0 aliphatic carbocycles. The van der Waals surface area contributed by atoms with Gasteiger partial charge in [-0.25, -0.2) is 4.79 Å². The molecule has 0 bridgehead atoms. The molecular formula is C14H26O5. The molecule has 0 aromatic heterocycles. The number of rotatable bonds is 10. The number of esters is 1. The Balaban J connectivity index is 4.52. The number of carbonyl (C=O) groups excluding carboxylic acids is 1. The smallest absolute Gasteiger partial charge is 0.335 e. The lowest BCUT2D eigenvalue weighted by Gasteiger charge is -2.26. The number of hydrogen-bond acceptors (Lipinski definition) is 4. The largest absolute Gasteiger partial charge is 0.481 e. The summed E-state index contributed by atoms with van der Waals surface area (Å²) in [6.45, 7) is 6.13. The van der Waals surface area contributed by atoms with E-state index in [1.807, 2.05) is 13.8 Å². The minimum Gasteiger partial charge on any atom is -0.481 e. The van der Waals surface area contributed by atoms with Crippen LogP contribution in [0.25, 0.3) is 0 Å². The lowest BCUT2D eigenvalue weighted by atomic mass is 9.92. The summed E-state index contributed by atoms with van der Waals surface area (Å²) in [5, 5.41) is 18.0. The molecule has 0 saturated carbocycles. The third kappa shape index (κ3) is 7.15. The molecule has 2 N–H and O–H groups in total. The number of ether oxygens (including phenoxy) is 1. The standard InChI is InChI=1S/C14H26O5/c1-4-7-8-12(10(5-2)6-3)19-14(18)11(15)9-13(16)17/h10-12,15H,4-9H2,1-3H3,(H,16,17). The van der Waals surface area contributed by atoms with Gasteiger partial charge in [-0.2, -0.15) is 0 Å². The van der Waals surface area contributed by atoms with Crippen molar-refractivity contribution in [2.24, 2.45) is 5.92 Å². The van der Waals surface area contributed by atoms with E-state index in [-0.39, 0.29) is 12.0 Å². The Kier molecular flexibility index (Phi) is 9.21. The van der Waals surface area contributed by atoms with E-state index in [1.165, 1.54) is 0 Å². The maximum Gasteiger partial charge on any atom is 0.335 e. The zero-order chi connectivity index (χ0) is 14.8. The van der Waals surface area contributed by atoms with E-state index < -0.39 is 24.5 Å². The molecule has 19 heavy (non-hydrogen) atoms. The first-order valence-electron chi connectivity index (χ1n) is 7.06. The lowest BCUT2D eigenvalue weighted by Crippen LogP contribution is -2.33. The van der Waals surface area contributed by atoms with Gasteiger partial charge in [0.1, 0.15) is 6.10 Å². The van der Waals surface area contributed by atoms with Gasteiger partial charge in [-0.3, -0.25) is 4.79 Å². The number of carbonyl (C=O) groups is 2. The van der Waals surface area contributed by atoms with Crippen LogP contribution >= 0.6 is 0 Å². The predicted molar refractivity (Wildman–Crippen MR) is 71.7 cm³/mol. The van der Waals surface area contributed by atoms with E-state index in [9.17, 15) is 14.7 Å². The van der Waals surface area contributed by atoms with Crippen LogP contribution in [0.5, 0.6) is 0 Å². The van der Waals surface area contributed by atoms with Crippen molar-refractivity contribution in [3.63, 3.8) is 0 Å². The number of hydrogen-bond donors (Lipinski definition) is 2. The van der Waals surface area contributed by atoms with Gasteiger partial charge < -0.3 is 14.9 Å². The first-order chi connectivity index (χ1) is 8.96. The molecule has 0 aromatic rings. The van der Waals surface area contributed by atoms with Gasteiger partial charge in [0.2, 0.25) is 0 Å². The van der Waals surface area contributed by atoms with Crippen LogP contribution in [0, 0.1) is 5.92 Å². The molecule has 0 aliphatic rings. The zero-order valence-corrected chi connectivity index (χ0v) is 12.1. The monoisotopic (exact) mass is 274 g/mol. The highest BCUT2D eigenvalue weighted by molar-refractivity contribution is 5.80. The van der Waals surface area contributed by atoms with Crippen LogP contribution in [0.1, 0.15) is 59.3 Å². The summed E-state index contributed by atoms with van der Waals surface area (Å²) in [4.78, 5) is 22.1. The molecule has 0 aromatic carbocycles. The Hall–Kier alpha value is -1.10. The van der Waals surface area contributed by atoms with E-state index >= 15 is 0 Å². The van der Waals surface area contributed by atoms with Crippen molar-refractivity contribution in [3.8, 4) is 0 Å². The zero-order valence-electron chi connectivity index (χ0n) is 12.1. The van der Waals surface area contributed by atoms with E-state index in [0.717, 1.165) is 32.1 Å². The molecule has 0 saturated heterocycles. The van der Waals surface area contributed by atoms with Crippen molar-refractivity contribution < 1.29 is 24.5 Å². The van der Waals surface area contributed by atoms with Gasteiger partial charge in [0, 0.05) is 0 Å². The average molecular weight is 274 g/mol. The van der Waals surface area contributed by atoms with Gasteiger partial charge in [0.25, 0.3) is 0 Å². The summed E-state index contributed by atoms with van der Waals surface area (Å²) in [5.74, 6) is -1.78. The molecule has 0 aliphatic heterocycles. The molecule has 0 fully saturated rings. The Labute approximate surface area is 115 Å². The van der Waals surface area contributed by atoms with Crippen molar-refractivity contribution in [2.75, 3.05) is 0 Å².